The largest absolute Gasteiger partial charge is 0.292 e. The Morgan fingerprint density at radius 3 is 1.51 bits per heavy atom. The van der Waals surface area contributed by atoms with E-state index in [-0.39, 0.29) is 0 Å². The number of hydrogen-bond acceptors (Lipinski definition) is 4. The first-order valence-electron chi connectivity index (χ1n) is 23.3. The molecule has 0 aliphatic carbocycles. The van der Waals surface area contributed by atoms with Gasteiger partial charge >= 0.3 is 0 Å². The maximum atomic E-state index is 5.46. The predicted octanol–water partition coefficient (Wildman–Crippen LogP) is 16.3. The maximum absolute atomic E-state index is 5.46. The molecule has 0 saturated carbocycles. The molecule has 0 saturated heterocycles. The van der Waals surface area contributed by atoms with Crippen LogP contribution < -0.4 is 0 Å². The minimum absolute atomic E-state index is 0.698. The van der Waals surface area contributed by atoms with Crippen LogP contribution in [0.3, 0.4) is 0 Å². The zero-order valence-corrected chi connectivity index (χ0v) is 37.4. The van der Waals surface area contributed by atoms with Crippen LogP contribution in [0.5, 0.6) is 0 Å². The van der Waals surface area contributed by atoms with Crippen molar-refractivity contribution in [2.75, 3.05) is 0 Å². The van der Waals surface area contributed by atoms with Crippen LogP contribution in [-0.4, -0.2) is 24.5 Å². The van der Waals surface area contributed by atoms with Gasteiger partial charge in [-0.15, -0.1) is 0 Å². The van der Waals surface area contributed by atoms with E-state index in [2.05, 4.69) is 223 Å². The van der Waals surface area contributed by atoms with Crippen molar-refractivity contribution < 1.29 is 0 Å². The molecule has 13 aromatic rings. The van der Waals surface area contributed by atoms with Crippen molar-refractivity contribution >= 4 is 43.5 Å². The highest BCUT2D eigenvalue weighted by molar-refractivity contribution is 6.20. The molecule has 0 amide bonds. The van der Waals surface area contributed by atoms with E-state index in [1.165, 1.54) is 11.1 Å². The fourth-order valence-electron chi connectivity index (χ4n) is 9.74. The lowest BCUT2D eigenvalue weighted by Crippen LogP contribution is -1.97. The molecule has 0 bridgehead atoms. The number of aromatic nitrogens is 5. The summed E-state index contributed by atoms with van der Waals surface area (Å²) >= 11 is 0. The topological polar surface area (TPSA) is 56.5 Å². The first-order chi connectivity index (χ1) is 34.2. The molecule has 5 nitrogen and oxygen atoms in total. The lowest BCUT2D eigenvalue weighted by molar-refractivity contribution is 1.10. The third kappa shape index (κ3) is 7.30. The van der Waals surface area contributed by atoms with Gasteiger partial charge in [-0.3, -0.25) is 4.57 Å². The quantitative estimate of drug-likeness (QED) is 0.143. The molecule has 0 aliphatic heterocycles. The Morgan fingerprint density at radius 2 is 0.812 bits per heavy atom. The van der Waals surface area contributed by atoms with Gasteiger partial charge in [0.15, 0.2) is 5.82 Å². The molecule has 13 rings (SSSR count). The smallest absolute Gasteiger partial charge is 0.160 e. The van der Waals surface area contributed by atoms with Crippen molar-refractivity contribution in [3.8, 4) is 84.5 Å². The number of para-hydroxylation sites is 2. The van der Waals surface area contributed by atoms with Crippen LogP contribution in [0.1, 0.15) is 0 Å². The highest BCUT2D eigenvalue weighted by Crippen LogP contribution is 2.41. The van der Waals surface area contributed by atoms with E-state index < -0.39 is 0 Å². The average Bonchev–Trinajstić information content (AvgIpc) is 3.84. The number of rotatable bonds is 8. The summed E-state index contributed by atoms with van der Waals surface area (Å²) in [6.07, 6.45) is 0. The monoisotopic (exact) mass is 879 g/mol. The maximum Gasteiger partial charge on any atom is 0.160 e. The SMILES string of the molecule is c1ccc(-c2ccc(-c3cc(-c4ccc5cc(-c6ccc(-c7nc8ccccc8c8ccc9c(nc(-c%10ccccc%10)n9-c9ccccc9)c78)cc6)ccc5c4)nc(-c4ccccc4)n3)cc2)cc1. The first kappa shape index (κ1) is 40.0. The Hall–Kier alpha value is -9.32. The second kappa shape index (κ2) is 16.8. The van der Waals surface area contributed by atoms with E-state index in [1.807, 2.05) is 30.3 Å². The van der Waals surface area contributed by atoms with Gasteiger partial charge in [0.05, 0.1) is 33.6 Å². The van der Waals surface area contributed by atoms with Crippen molar-refractivity contribution in [2.24, 2.45) is 0 Å². The Balaban J connectivity index is 0.871. The molecule has 0 unspecified atom stereocenters. The molecule has 0 N–H and O–H groups in total. The lowest BCUT2D eigenvalue weighted by Gasteiger charge is -2.13. The zero-order chi connectivity index (χ0) is 45.7. The fraction of sp³-hybridized carbons (Fsp3) is 0. The number of hydrogen-bond donors (Lipinski definition) is 0. The van der Waals surface area contributed by atoms with Crippen molar-refractivity contribution in [3.63, 3.8) is 0 Å². The van der Waals surface area contributed by atoms with Gasteiger partial charge in [-0.05, 0) is 80.9 Å². The summed E-state index contributed by atoms with van der Waals surface area (Å²) in [6.45, 7) is 0. The van der Waals surface area contributed by atoms with Gasteiger partial charge in [0.25, 0.3) is 0 Å². The van der Waals surface area contributed by atoms with Gasteiger partial charge in [0.1, 0.15) is 5.82 Å². The van der Waals surface area contributed by atoms with Gasteiger partial charge in [-0.2, -0.15) is 0 Å². The van der Waals surface area contributed by atoms with E-state index >= 15 is 0 Å². The highest BCUT2D eigenvalue weighted by atomic mass is 15.1. The molecule has 322 valence electrons. The summed E-state index contributed by atoms with van der Waals surface area (Å²) < 4.78 is 2.27. The molecule has 0 spiro atoms. The minimum Gasteiger partial charge on any atom is -0.292 e. The Bertz CT molecular complexity index is 4020. The predicted molar refractivity (Wildman–Crippen MR) is 285 cm³/mol. The molecular formula is C64H41N5. The van der Waals surface area contributed by atoms with Gasteiger partial charge in [-0.25, -0.2) is 19.9 Å². The minimum atomic E-state index is 0.698. The van der Waals surface area contributed by atoms with E-state index in [1.54, 1.807) is 0 Å². The molecule has 69 heavy (non-hydrogen) atoms. The third-order valence-corrected chi connectivity index (χ3v) is 13.2. The molecule has 3 aromatic heterocycles. The summed E-state index contributed by atoms with van der Waals surface area (Å²) in [6, 6.07) is 87.4. The molecule has 0 aliphatic rings. The van der Waals surface area contributed by atoms with Crippen molar-refractivity contribution in [1.29, 1.82) is 0 Å². The standard InChI is InChI=1S/C64H41N5/c1-5-15-42(16-6-1)43-25-29-45(30-26-43)57-41-58(67-63(66-57)47-17-7-2-8-18-47)52-36-35-50-39-49(33-34-51(50)40-52)44-27-31-46(32-28-44)61-60-55(54-23-13-14-24-56(54)65-61)37-38-59-62(60)68-64(48-19-9-3-10-20-48)69(59)53-21-11-4-12-22-53/h1-41H. The molecular weight excluding hydrogens is 839 g/mol. The van der Waals surface area contributed by atoms with Gasteiger partial charge in [-0.1, -0.05) is 206 Å². The molecule has 3 heterocycles. The molecule has 0 atom stereocenters. The summed E-state index contributed by atoms with van der Waals surface area (Å²) in [7, 11) is 0. The lowest BCUT2D eigenvalue weighted by atomic mass is 9.96. The van der Waals surface area contributed by atoms with Crippen LogP contribution in [0.2, 0.25) is 0 Å². The van der Waals surface area contributed by atoms with Gasteiger partial charge in [0, 0.05) is 44.3 Å². The van der Waals surface area contributed by atoms with Crippen molar-refractivity contribution in [1.82, 2.24) is 24.5 Å². The number of fused-ring (bicyclic) bond motifs is 6. The molecule has 5 heteroatoms. The summed E-state index contributed by atoms with van der Waals surface area (Å²) in [5.74, 6) is 1.59. The van der Waals surface area contributed by atoms with E-state index in [0.717, 1.165) is 111 Å². The normalized spacial score (nSPS) is 11.5. The number of nitrogens with zero attached hydrogens (tertiary/aromatic N) is 5. The van der Waals surface area contributed by atoms with E-state index in [0.29, 0.717) is 5.82 Å². The fourth-order valence-corrected chi connectivity index (χ4v) is 9.74. The highest BCUT2D eigenvalue weighted by Gasteiger charge is 2.21. The van der Waals surface area contributed by atoms with Crippen LogP contribution in [-0.2, 0) is 0 Å². The van der Waals surface area contributed by atoms with Crippen LogP contribution in [0.4, 0.5) is 0 Å². The van der Waals surface area contributed by atoms with E-state index in [9.17, 15) is 0 Å². The molecule has 0 fully saturated rings. The van der Waals surface area contributed by atoms with Crippen molar-refractivity contribution in [3.05, 3.63) is 249 Å². The first-order valence-corrected chi connectivity index (χ1v) is 23.3. The second-order valence-electron chi connectivity index (χ2n) is 17.4. The van der Waals surface area contributed by atoms with E-state index in [4.69, 9.17) is 19.9 Å². The van der Waals surface area contributed by atoms with Gasteiger partial charge < -0.3 is 0 Å². The Kier molecular flexibility index (Phi) is 9.76. The summed E-state index contributed by atoms with van der Waals surface area (Å²) in [5, 5.41) is 5.57. The average molecular weight is 880 g/mol. The van der Waals surface area contributed by atoms with Gasteiger partial charge in [0.2, 0.25) is 0 Å². The number of pyridine rings is 1. The third-order valence-electron chi connectivity index (χ3n) is 13.2. The summed E-state index contributed by atoms with van der Waals surface area (Å²) in [4.78, 5) is 21.1. The Morgan fingerprint density at radius 1 is 0.304 bits per heavy atom. The molecule has 0 radical (unpaired) electrons. The second-order valence-corrected chi connectivity index (χ2v) is 17.4. The van der Waals surface area contributed by atoms with Crippen LogP contribution >= 0.6 is 0 Å². The number of benzene rings is 10. The van der Waals surface area contributed by atoms with Crippen LogP contribution in [0.25, 0.3) is 128 Å². The Labute approximate surface area is 399 Å². The van der Waals surface area contributed by atoms with Crippen LogP contribution in [0.15, 0.2) is 249 Å². The summed E-state index contributed by atoms with van der Waals surface area (Å²) in [5.41, 5.74) is 16.4. The zero-order valence-electron chi connectivity index (χ0n) is 37.4. The van der Waals surface area contributed by atoms with Crippen molar-refractivity contribution in [2.45, 2.75) is 0 Å². The number of imidazole rings is 1. The van der Waals surface area contributed by atoms with Crippen LogP contribution in [0, 0.1) is 0 Å². The molecule has 10 aromatic carbocycles.